The second-order valence-corrected chi connectivity index (χ2v) is 15.0. The lowest BCUT2D eigenvalue weighted by molar-refractivity contribution is -0.155. The molecule has 0 saturated heterocycles. The summed E-state index contributed by atoms with van der Waals surface area (Å²) in [5.74, 6) is -1.97. The fourth-order valence-electron chi connectivity index (χ4n) is 2.43. The Morgan fingerprint density at radius 1 is 1.03 bits per heavy atom. The fraction of sp³-hybridized carbons (Fsp3) is 0.609. The minimum atomic E-state index is -2.46. The molecule has 2 atom stereocenters. The van der Waals surface area contributed by atoms with Gasteiger partial charge in [0.2, 0.25) is 0 Å². The standard InChI is InChI=1S/C23H37NO7Si/c1-22(2,3)30-21(28)24-17(19(25)26)14-18(31-32(7,8)23(4,5)6)20(27)29-15-16-12-10-9-11-13-16/h9-13,17-18H,14-15H2,1-8H3,(H,24,28)(H,25,26)/t17-,18-/m0/s1. The van der Waals surface area contributed by atoms with Gasteiger partial charge in [0.25, 0.3) is 0 Å². The van der Waals surface area contributed by atoms with Crippen molar-refractivity contribution in [2.45, 2.75) is 90.4 Å². The highest BCUT2D eigenvalue weighted by molar-refractivity contribution is 6.74. The van der Waals surface area contributed by atoms with Crippen LogP contribution in [-0.4, -0.2) is 49.2 Å². The smallest absolute Gasteiger partial charge is 0.408 e. The van der Waals surface area contributed by atoms with Crippen LogP contribution in [0.5, 0.6) is 0 Å². The summed E-state index contributed by atoms with van der Waals surface area (Å²) in [7, 11) is -2.46. The number of carboxylic acid groups (broad SMARTS) is 1. The predicted octanol–water partition coefficient (Wildman–Crippen LogP) is 4.49. The van der Waals surface area contributed by atoms with Gasteiger partial charge in [-0.2, -0.15) is 0 Å². The Bertz CT molecular complexity index is 782. The number of hydrogen-bond acceptors (Lipinski definition) is 6. The minimum Gasteiger partial charge on any atom is -0.480 e. The lowest BCUT2D eigenvalue weighted by Crippen LogP contribution is -2.51. The molecule has 1 amide bonds. The molecule has 0 aliphatic heterocycles. The average molecular weight is 468 g/mol. The van der Waals surface area contributed by atoms with Gasteiger partial charge in [-0.15, -0.1) is 0 Å². The summed E-state index contributed by atoms with van der Waals surface area (Å²) >= 11 is 0. The van der Waals surface area contributed by atoms with E-state index in [9.17, 15) is 19.5 Å². The number of carboxylic acids is 1. The Balaban J connectivity index is 3.04. The fourth-order valence-corrected chi connectivity index (χ4v) is 3.69. The average Bonchev–Trinajstić information content (AvgIpc) is 2.63. The number of alkyl carbamates (subject to hydrolysis) is 1. The SMILES string of the molecule is CC(C)(C)OC(=O)N[C@@H](C[C@H](O[Si](C)(C)C(C)(C)C)C(=O)OCc1ccccc1)C(=O)O. The molecule has 9 heteroatoms. The third-order valence-electron chi connectivity index (χ3n) is 5.17. The summed E-state index contributed by atoms with van der Waals surface area (Å²) in [4.78, 5) is 36.9. The molecular formula is C23H37NO7Si. The molecule has 180 valence electrons. The first-order valence-corrected chi connectivity index (χ1v) is 13.5. The van der Waals surface area contributed by atoms with E-state index in [2.05, 4.69) is 5.32 Å². The molecule has 0 spiro atoms. The minimum absolute atomic E-state index is 0.0360. The summed E-state index contributed by atoms with van der Waals surface area (Å²) in [5.41, 5.74) is 0.00676. The van der Waals surface area contributed by atoms with Gasteiger partial charge in [-0.25, -0.2) is 14.4 Å². The summed E-state index contributed by atoms with van der Waals surface area (Å²) in [5, 5.41) is 11.8. The largest absolute Gasteiger partial charge is 0.480 e. The second-order valence-electron chi connectivity index (χ2n) is 10.2. The van der Waals surface area contributed by atoms with Gasteiger partial charge in [0.15, 0.2) is 8.32 Å². The molecule has 0 unspecified atom stereocenters. The topological polar surface area (TPSA) is 111 Å². The van der Waals surface area contributed by atoms with Crippen LogP contribution in [0.2, 0.25) is 18.1 Å². The first kappa shape index (κ1) is 27.6. The van der Waals surface area contributed by atoms with Gasteiger partial charge >= 0.3 is 18.0 Å². The molecule has 0 bridgehead atoms. The van der Waals surface area contributed by atoms with E-state index in [4.69, 9.17) is 13.9 Å². The monoisotopic (exact) mass is 467 g/mol. The Labute approximate surface area is 191 Å². The highest BCUT2D eigenvalue weighted by Crippen LogP contribution is 2.38. The van der Waals surface area contributed by atoms with E-state index in [1.807, 2.05) is 64.2 Å². The van der Waals surface area contributed by atoms with Crippen LogP contribution in [0.15, 0.2) is 30.3 Å². The van der Waals surface area contributed by atoms with Crippen LogP contribution in [0.3, 0.4) is 0 Å². The number of esters is 1. The van der Waals surface area contributed by atoms with Crippen molar-refractivity contribution >= 4 is 26.3 Å². The number of nitrogens with one attached hydrogen (secondary N) is 1. The molecule has 0 radical (unpaired) electrons. The quantitative estimate of drug-likeness (QED) is 0.406. The molecule has 0 saturated carbocycles. The molecule has 1 aromatic rings. The van der Waals surface area contributed by atoms with Gasteiger partial charge in [-0.05, 0) is 44.5 Å². The molecule has 0 aliphatic carbocycles. The maximum Gasteiger partial charge on any atom is 0.408 e. The van der Waals surface area contributed by atoms with E-state index in [0.717, 1.165) is 5.56 Å². The summed E-state index contributed by atoms with van der Waals surface area (Å²) in [6, 6.07) is 7.77. The van der Waals surface area contributed by atoms with Gasteiger partial charge in [0.05, 0.1) is 0 Å². The number of carbonyl (C=O) groups excluding carboxylic acids is 2. The molecule has 8 nitrogen and oxygen atoms in total. The molecule has 0 heterocycles. The van der Waals surface area contributed by atoms with E-state index in [1.54, 1.807) is 20.8 Å². The van der Waals surface area contributed by atoms with Crippen molar-refractivity contribution in [1.82, 2.24) is 5.32 Å². The second kappa shape index (κ2) is 11.0. The van der Waals surface area contributed by atoms with Gasteiger partial charge < -0.3 is 24.3 Å². The number of rotatable bonds is 9. The number of ether oxygens (including phenoxy) is 2. The van der Waals surface area contributed by atoms with Crippen molar-refractivity contribution in [3.63, 3.8) is 0 Å². The maximum atomic E-state index is 12.9. The van der Waals surface area contributed by atoms with Gasteiger partial charge in [0, 0.05) is 6.42 Å². The van der Waals surface area contributed by atoms with E-state index in [1.165, 1.54) is 0 Å². The van der Waals surface area contributed by atoms with E-state index >= 15 is 0 Å². The van der Waals surface area contributed by atoms with Crippen molar-refractivity contribution in [3.05, 3.63) is 35.9 Å². The maximum absolute atomic E-state index is 12.9. The van der Waals surface area contributed by atoms with Gasteiger partial charge in [-0.3, -0.25) is 0 Å². The van der Waals surface area contributed by atoms with Gasteiger partial charge in [-0.1, -0.05) is 51.1 Å². The molecule has 0 aromatic heterocycles. The predicted molar refractivity (Wildman–Crippen MR) is 124 cm³/mol. The Morgan fingerprint density at radius 2 is 1.59 bits per heavy atom. The molecule has 32 heavy (non-hydrogen) atoms. The van der Waals surface area contributed by atoms with Crippen molar-refractivity contribution in [2.24, 2.45) is 0 Å². The first-order valence-electron chi connectivity index (χ1n) is 10.6. The third kappa shape index (κ3) is 9.40. The molecule has 0 fully saturated rings. The Kier molecular flexibility index (Phi) is 9.46. The van der Waals surface area contributed by atoms with Crippen LogP contribution >= 0.6 is 0 Å². The number of hydrogen-bond donors (Lipinski definition) is 2. The molecule has 1 aromatic carbocycles. The normalized spacial score (nSPS) is 14.2. The highest BCUT2D eigenvalue weighted by Gasteiger charge is 2.42. The summed E-state index contributed by atoms with van der Waals surface area (Å²) in [6.45, 7) is 15.0. The van der Waals surface area contributed by atoms with Crippen molar-refractivity contribution in [2.75, 3.05) is 0 Å². The van der Waals surface area contributed by atoms with Crippen molar-refractivity contribution in [3.8, 4) is 0 Å². The van der Waals surface area contributed by atoms with Crippen LogP contribution in [0.4, 0.5) is 4.79 Å². The Hall–Kier alpha value is -2.39. The first-order chi connectivity index (χ1) is 14.5. The van der Waals surface area contributed by atoms with E-state index in [0.29, 0.717) is 0 Å². The van der Waals surface area contributed by atoms with E-state index < -0.39 is 44.1 Å². The lowest BCUT2D eigenvalue weighted by Gasteiger charge is -2.39. The molecular weight excluding hydrogens is 430 g/mol. The number of carbonyl (C=O) groups is 3. The Morgan fingerprint density at radius 3 is 2.06 bits per heavy atom. The third-order valence-corrected chi connectivity index (χ3v) is 9.65. The van der Waals surface area contributed by atoms with Crippen molar-refractivity contribution < 1.29 is 33.4 Å². The summed E-state index contributed by atoms with van der Waals surface area (Å²) < 4.78 is 16.8. The van der Waals surface area contributed by atoms with Crippen LogP contribution < -0.4 is 5.32 Å². The number of benzene rings is 1. The summed E-state index contributed by atoms with van der Waals surface area (Å²) in [6.07, 6.45) is -2.32. The van der Waals surface area contributed by atoms with Crippen molar-refractivity contribution in [1.29, 1.82) is 0 Å². The number of aliphatic carboxylic acids is 1. The number of amides is 1. The molecule has 1 rings (SSSR count). The van der Waals surface area contributed by atoms with Crippen LogP contribution in [-0.2, 0) is 30.1 Å². The highest BCUT2D eigenvalue weighted by atomic mass is 28.4. The molecule has 0 aliphatic rings. The zero-order valence-electron chi connectivity index (χ0n) is 20.4. The van der Waals surface area contributed by atoms with Crippen LogP contribution in [0, 0.1) is 0 Å². The van der Waals surface area contributed by atoms with Crippen LogP contribution in [0.1, 0.15) is 53.5 Å². The lowest BCUT2D eigenvalue weighted by atomic mass is 10.1. The van der Waals surface area contributed by atoms with E-state index in [-0.39, 0.29) is 18.1 Å². The van der Waals surface area contributed by atoms with Crippen LogP contribution in [0.25, 0.3) is 0 Å². The van der Waals surface area contributed by atoms with Gasteiger partial charge in [0.1, 0.15) is 24.4 Å². The zero-order valence-corrected chi connectivity index (χ0v) is 21.4. The zero-order chi connectivity index (χ0) is 24.7. The molecule has 2 N–H and O–H groups in total.